The number of sulfone groups is 1. The van der Waals surface area contributed by atoms with Crippen LogP contribution in [0.15, 0.2) is 102 Å². The van der Waals surface area contributed by atoms with Gasteiger partial charge in [-0.3, -0.25) is 9.78 Å². The van der Waals surface area contributed by atoms with Crippen molar-refractivity contribution < 1.29 is 22.7 Å². The molecule has 212 valence electrons. The number of hydrogen-bond donors (Lipinski definition) is 0. The first-order valence-corrected chi connectivity index (χ1v) is 15.5. The number of ether oxygens (including phenoxy) is 2. The summed E-state index contributed by atoms with van der Waals surface area (Å²) < 4.78 is 37.2. The highest BCUT2D eigenvalue weighted by Gasteiger charge is 2.19. The molecule has 1 aromatic heterocycles. The van der Waals surface area contributed by atoms with Crippen molar-refractivity contribution >= 4 is 15.7 Å². The van der Waals surface area contributed by atoms with Crippen LogP contribution in [-0.2, 0) is 32.3 Å². The summed E-state index contributed by atoms with van der Waals surface area (Å²) in [5, 5.41) is 0. The summed E-state index contributed by atoms with van der Waals surface area (Å²) >= 11 is 0. The molecular weight excluding hydrogens is 536 g/mol. The molecule has 0 atom stereocenters. The van der Waals surface area contributed by atoms with Crippen molar-refractivity contribution in [1.82, 2.24) is 9.88 Å². The second kappa shape index (κ2) is 13.6. The Morgan fingerprint density at radius 3 is 2.54 bits per heavy atom. The lowest BCUT2D eigenvalue weighted by molar-refractivity contribution is -0.132. The zero-order chi connectivity index (χ0) is 28.5. The Kier molecular flexibility index (Phi) is 9.44. The molecule has 0 saturated carbocycles. The fourth-order valence-corrected chi connectivity index (χ4v) is 6.28. The van der Waals surface area contributed by atoms with E-state index in [2.05, 4.69) is 23.2 Å². The maximum atomic E-state index is 13.2. The zero-order valence-corrected chi connectivity index (χ0v) is 23.8. The van der Waals surface area contributed by atoms with E-state index in [1.165, 1.54) is 0 Å². The Morgan fingerprint density at radius 1 is 0.854 bits per heavy atom. The van der Waals surface area contributed by atoms with E-state index in [1.807, 2.05) is 42.6 Å². The van der Waals surface area contributed by atoms with Crippen molar-refractivity contribution in [2.45, 2.75) is 30.7 Å². The third-order valence-corrected chi connectivity index (χ3v) is 8.88. The zero-order valence-electron chi connectivity index (χ0n) is 22.9. The summed E-state index contributed by atoms with van der Waals surface area (Å²) in [7, 11) is -3.43. The average molecular weight is 571 g/mol. The summed E-state index contributed by atoms with van der Waals surface area (Å²) in [6, 6.07) is 26.7. The van der Waals surface area contributed by atoms with E-state index in [4.69, 9.17) is 9.47 Å². The van der Waals surface area contributed by atoms with E-state index >= 15 is 0 Å². The van der Waals surface area contributed by atoms with E-state index in [0.717, 1.165) is 33.6 Å². The lowest BCUT2D eigenvalue weighted by Crippen LogP contribution is -2.34. The molecular formula is C33H34N2O5S. The van der Waals surface area contributed by atoms with Gasteiger partial charge in [-0.25, -0.2) is 8.42 Å². The Labute approximate surface area is 241 Å². The number of nitrogens with zero attached hydrogens (tertiary/aromatic N) is 2. The van der Waals surface area contributed by atoms with Crippen LogP contribution >= 0.6 is 0 Å². The van der Waals surface area contributed by atoms with Gasteiger partial charge >= 0.3 is 0 Å². The molecule has 7 nitrogen and oxygen atoms in total. The Morgan fingerprint density at radius 2 is 1.71 bits per heavy atom. The molecule has 5 rings (SSSR count). The molecule has 8 heteroatoms. The second-order valence-corrected chi connectivity index (χ2v) is 12.2. The highest BCUT2D eigenvalue weighted by atomic mass is 32.2. The number of benzene rings is 3. The number of fused-ring (bicyclic) bond motifs is 3. The molecule has 0 aliphatic carbocycles. The minimum atomic E-state index is -3.43. The van der Waals surface area contributed by atoms with Gasteiger partial charge in [-0.1, -0.05) is 54.6 Å². The van der Waals surface area contributed by atoms with Gasteiger partial charge < -0.3 is 14.4 Å². The fourth-order valence-electron chi connectivity index (χ4n) is 4.95. The molecule has 1 amide bonds. The summed E-state index contributed by atoms with van der Waals surface area (Å²) in [6.45, 7) is 2.00. The average Bonchev–Trinajstić information content (AvgIpc) is 2.99. The quantitative estimate of drug-likeness (QED) is 0.312. The number of amides is 1. The molecule has 2 bridgehead atoms. The third-order valence-electron chi connectivity index (χ3n) is 7.06. The van der Waals surface area contributed by atoms with Crippen molar-refractivity contribution in [2.75, 3.05) is 32.1 Å². The van der Waals surface area contributed by atoms with Crippen LogP contribution in [0.25, 0.3) is 11.1 Å². The van der Waals surface area contributed by atoms with Crippen LogP contribution in [0.2, 0.25) is 0 Å². The van der Waals surface area contributed by atoms with Crippen LogP contribution in [0.5, 0.6) is 5.75 Å². The third kappa shape index (κ3) is 7.80. The first-order valence-electron chi connectivity index (χ1n) is 13.9. The molecule has 41 heavy (non-hydrogen) atoms. The van der Waals surface area contributed by atoms with Crippen LogP contribution in [0.3, 0.4) is 0 Å². The van der Waals surface area contributed by atoms with Crippen LogP contribution in [-0.4, -0.2) is 56.3 Å². The Bertz CT molecular complexity index is 1560. The minimum absolute atomic E-state index is 0.0691. The monoisotopic (exact) mass is 570 g/mol. The molecule has 0 unspecified atom stereocenters. The van der Waals surface area contributed by atoms with Crippen LogP contribution < -0.4 is 4.74 Å². The highest BCUT2D eigenvalue weighted by molar-refractivity contribution is 7.91. The standard InChI is InChI=1S/C33H34N2O5S/c36-33(12-6-20-41(37,38)31-10-2-1-3-11-31)35-16-17-39-18-19-40-32-14-13-28(29-9-5-15-34-24-29)23-30(32)22-26-7-4-8-27(21-26)25-35/h1-5,7-11,13-15,21,23-24H,6,12,16-20,22,25H2. The molecule has 1 aliphatic heterocycles. The van der Waals surface area contributed by atoms with Gasteiger partial charge in [0, 0.05) is 43.9 Å². The number of carbonyl (C=O) groups is 1. The normalized spacial score (nSPS) is 14.4. The van der Waals surface area contributed by atoms with Gasteiger partial charge in [-0.2, -0.15) is 0 Å². The van der Waals surface area contributed by atoms with Crippen molar-refractivity contribution in [3.63, 3.8) is 0 Å². The van der Waals surface area contributed by atoms with Gasteiger partial charge in [-0.15, -0.1) is 0 Å². The van der Waals surface area contributed by atoms with Gasteiger partial charge in [-0.05, 0) is 59.0 Å². The highest BCUT2D eigenvalue weighted by Crippen LogP contribution is 2.29. The predicted octanol–water partition coefficient (Wildman–Crippen LogP) is 5.33. The number of pyridine rings is 1. The molecule has 0 radical (unpaired) electrons. The smallest absolute Gasteiger partial charge is 0.222 e. The molecule has 0 N–H and O–H groups in total. The van der Waals surface area contributed by atoms with E-state index < -0.39 is 9.84 Å². The van der Waals surface area contributed by atoms with Crippen molar-refractivity contribution in [3.05, 3.63) is 114 Å². The first-order chi connectivity index (χ1) is 20.0. The number of aromatic nitrogens is 1. The SMILES string of the molecule is O=C(CCCS(=O)(=O)c1ccccc1)N1CCOCCOc2ccc(-c3cccnc3)cc2Cc2cccc(c2)C1. The maximum Gasteiger partial charge on any atom is 0.222 e. The van der Waals surface area contributed by atoms with Crippen molar-refractivity contribution in [3.8, 4) is 16.9 Å². The Balaban J connectivity index is 1.31. The Hall–Kier alpha value is -4.01. The predicted molar refractivity (Wildman–Crippen MR) is 158 cm³/mol. The van der Waals surface area contributed by atoms with E-state index in [0.29, 0.717) is 39.3 Å². The summed E-state index contributed by atoms with van der Waals surface area (Å²) in [5.74, 6) is 0.670. The topological polar surface area (TPSA) is 85.8 Å². The lowest BCUT2D eigenvalue weighted by Gasteiger charge is -2.24. The molecule has 2 heterocycles. The van der Waals surface area contributed by atoms with Crippen molar-refractivity contribution in [1.29, 1.82) is 0 Å². The summed E-state index contributed by atoms with van der Waals surface area (Å²) in [5.41, 5.74) is 5.30. The van der Waals surface area contributed by atoms with Gasteiger partial charge in [0.15, 0.2) is 9.84 Å². The van der Waals surface area contributed by atoms with Gasteiger partial charge in [0.1, 0.15) is 12.4 Å². The first kappa shape index (κ1) is 28.5. The van der Waals surface area contributed by atoms with Gasteiger partial charge in [0.25, 0.3) is 0 Å². The van der Waals surface area contributed by atoms with Crippen LogP contribution in [0, 0.1) is 0 Å². The molecule has 4 aromatic rings. The summed E-state index contributed by atoms with van der Waals surface area (Å²) in [4.78, 5) is 19.5. The lowest BCUT2D eigenvalue weighted by atomic mass is 9.98. The van der Waals surface area contributed by atoms with Crippen LogP contribution in [0.4, 0.5) is 0 Å². The molecule has 1 aliphatic rings. The number of hydrogen-bond acceptors (Lipinski definition) is 6. The van der Waals surface area contributed by atoms with Gasteiger partial charge in [0.05, 0.1) is 23.9 Å². The number of carbonyl (C=O) groups excluding carboxylic acids is 1. The largest absolute Gasteiger partial charge is 0.491 e. The fraction of sp³-hybridized carbons (Fsp3) is 0.273. The number of rotatable bonds is 6. The minimum Gasteiger partial charge on any atom is -0.491 e. The maximum absolute atomic E-state index is 13.2. The van der Waals surface area contributed by atoms with E-state index in [9.17, 15) is 13.2 Å². The van der Waals surface area contributed by atoms with E-state index in [1.54, 1.807) is 41.4 Å². The molecule has 0 fully saturated rings. The van der Waals surface area contributed by atoms with Crippen molar-refractivity contribution in [2.24, 2.45) is 0 Å². The van der Waals surface area contributed by atoms with Gasteiger partial charge in [0.2, 0.25) is 5.91 Å². The van der Waals surface area contributed by atoms with Crippen LogP contribution in [0.1, 0.15) is 29.5 Å². The molecule has 0 saturated heterocycles. The van der Waals surface area contributed by atoms with E-state index in [-0.39, 0.29) is 29.4 Å². The molecule has 3 aromatic carbocycles. The second-order valence-electron chi connectivity index (χ2n) is 10.1. The summed E-state index contributed by atoms with van der Waals surface area (Å²) in [6.07, 6.45) is 4.70. The molecule has 0 spiro atoms.